The number of rotatable bonds is 6. The summed E-state index contributed by atoms with van der Waals surface area (Å²) >= 11 is 0. The number of aromatic nitrogens is 3. The van der Waals surface area contributed by atoms with Crippen LogP contribution in [0.5, 0.6) is 0 Å². The van der Waals surface area contributed by atoms with Crippen molar-refractivity contribution in [2.75, 3.05) is 18.4 Å². The molecule has 0 saturated heterocycles. The van der Waals surface area contributed by atoms with Crippen LogP contribution in [0.15, 0.2) is 6.33 Å². The summed E-state index contributed by atoms with van der Waals surface area (Å²) in [5.74, 6) is 0.329. The second kappa shape index (κ2) is 6.09. The lowest BCUT2D eigenvalue weighted by molar-refractivity contribution is -0.116. The van der Waals surface area contributed by atoms with Gasteiger partial charge in [0.05, 0.1) is 0 Å². The SMILES string of the molecule is CCCNCCC(=O)Nc1ncn[nH]1. The van der Waals surface area contributed by atoms with Gasteiger partial charge < -0.3 is 5.32 Å². The number of carbonyl (C=O) groups is 1. The number of amides is 1. The molecule has 0 fully saturated rings. The third kappa shape index (κ3) is 3.99. The predicted molar refractivity (Wildman–Crippen MR) is 52.8 cm³/mol. The van der Waals surface area contributed by atoms with Crippen LogP contribution >= 0.6 is 0 Å². The van der Waals surface area contributed by atoms with Crippen LogP contribution in [0.1, 0.15) is 19.8 Å². The molecule has 0 aliphatic heterocycles. The van der Waals surface area contributed by atoms with Crippen LogP contribution in [0, 0.1) is 0 Å². The van der Waals surface area contributed by atoms with Gasteiger partial charge >= 0.3 is 0 Å². The molecule has 0 aliphatic carbocycles. The molecule has 1 aromatic heterocycles. The molecule has 1 aromatic rings. The molecular weight excluding hydrogens is 182 g/mol. The van der Waals surface area contributed by atoms with Crippen molar-refractivity contribution in [3.8, 4) is 0 Å². The lowest BCUT2D eigenvalue weighted by Gasteiger charge is -2.02. The van der Waals surface area contributed by atoms with Crippen molar-refractivity contribution in [1.29, 1.82) is 0 Å². The average molecular weight is 197 g/mol. The minimum atomic E-state index is -0.0645. The van der Waals surface area contributed by atoms with E-state index >= 15 is 0 Å². The third-order valence-corrected chi connectivity index (χ3v) is 1.63. The zero-order valence-corrected chi connectivity index (χ0v) is 8.21. The zero-order chi connectivity index (χ0) is 10.2. The van der Waals surface area contributed by atoms with Crippen molar-refractivity contribution >= 4 is 11.9 Å². The lowest BCUT2D eigenvalue weighted by Crippen LogP contribution is -2.22. The molecule has 14 heavy (non-hydrogen) atoms. The van der Waals surface area contributed by atoms with E-state index in [0.29, 0.717) is 18.9 Å². The van der Waals surface area contributed by atoms with Crippen molar-refractivity contribution < 1.29 is 4.79 Å². The maximum Gasteiger partial charge on any atom is 0.227 e. The van der Waals surface area contributed by atoms with Gasteiger partial charge in [0, 0.05) is 13.0 Å². The van der Waals surface area contributed by atoms with Gasteiger partial charge in [-0.2, -0.15) is 10.1 Å². The van der Waals surface area contributed by atoms with Crippen molar-refractivity contribution in [3.05, 3.63) is 6.33 Å². The maximum absolute atomic E-state index is 11.2. The third-order valence-electron chi connectivity index (χ3n) is 1.63. The molecule has 1 heterocycles. The summed E-state index contributed by atoms with van der Waals surface area (Å²) in [6.07, 6.45) is 2.87. The van der Waals surface area contributed by atoms with E-state index < -0.39 is 0 Å². The molecule has 0 unspecified atom stereocenters. The Morgan fingerprint density at radius 2 is 2.43 bits per heavy atom. The summed E-state index contributed by atoms with van der Waals surface area (Å²) in [5.41, 5.74) is 0. The standard InChI is InChI=1S/C8H15N5O/c1-2-4-9-5-3-7(14)12-8-10-6-11-13-8/h6,9H,2-5H2,1H3,(H2,10,11,12,13,14). The fraction of sp³-hybridized carbons (Fsp3) is 0.625. The molecule has 6 nitrogen and oxygen atoms in total. The molecule has 0 aliphatic rings. The molecule has 0 radical (unpaired) electrons. The topological polar surface area (TPSA) is 82.7 Å². The van der Waals surface area contributed by atoms with E-state index in [-0.39, 0.29) is 5.91 Å². The van der Waals surface area contributed by atoms with E-state index in [2.05, 4.69) is 32.7 Å². The molecule has 0 aromatic carbocycles. The molecule has 3 N–H and O–H groups in total. The molecule has 0 spiro atoms. The summed E-state index contributed by atoms with van der Waals surface area (Å²) in [6, 6.07) is 0. The molecule has 1 rings (SSSR count). The monoisotopic (exact) mass is 197 g/mol. The Labute approximate surface area is 82.5 Å². The highest BCUT2D eigenvalue weighted by atomic mass is 16.1. The van der Waals surface area contributed by atoms with Gasteiger partial charge in [-0.05, 0) is 13.0 Å². The van der Waals surface area contributed by atoms with E-state index in [4.69, 9.17) is 0 Å². The molecular formula is C8H15N5O. The van der Waals surface area contributed by atoms with Crippen molar-refractivity contribution in [3.63, 3.8) is 0 Å². The average Bonchev–Trinajstić information content (AvgIpc) is 2.65. The van der Waals surface area contributed by atoms with E-state index in [9.17, 15) is 4.79 Å². The second-order valence-electron chi connectivity index (χ2n) is 2.88. The minimum absolute atomic E-state index is 0.0645. The normalized spacial score (nSPS) is 10.1. The van der Waals surface area contributed by atoms with Crippen molar-refractivity contribution in [2.45, 2.75) is 19.8 Å². The predicted octanol–water partition coefficient (Wildman–Crippen LogP) is 0.133. The van der Waals surface area contributed by atoms with Crippen LogP contribution < -0.4 is 10.6 Å². The first-order chi connectivity index (χ1) is 6.83. The molecule has 0 atom stereocenters. The Balaban J connectivity index is 2.11. The Bertz CT molecular complexity index is 259. The number of aromatic amines is 1. The molecule has 0 bridgehead atoms. The van der Waals surface area contributed by atoms with Crippen LogP contribution in [0.25, 0.3) is 0 Å². The maximum atomic E-state index is 11.2. The summed E-state index contributed by atoms with van der Waals surface area (Å²) in [5, 5.41) is 11.9. The second-order valence-corrected chi connectivity index (χ2v) is 2.88. The van der Waals surface area contributed by atoms with E-state index in [1.165, 1.54) is 6.33 Å². The van der Waals surface area contributed by atoms with Gasteiger partial charge in [0.2, 0.25) is 11.9 Å². The number of carbonyl (C=O) groups excluding carboxylic acids is 1. The number of nitrogens with one attached hydrogen (secondary N) is 3. The number of nitrogens with zero attached hydrogens (tertiary/aromatic N) is 2. The van der Waals surface area contributed by atoms with E-state index in [1.807, 2.05) is 0 Å². The number of hydrogen-bond acceptors (Lipinski definition) is 4. The first-order valence-corrected chi connectivity index (χ1v) is 4.69. The van der Waals surface area contributed by atoms with E-state index in [0.717, 1.165) is 13.0 Å². The van der Waals surface area contributed by atoms with Gasteiger partial charge in [0.1, 0.15) is 6.33 Å². The van der Waals surface area contributed by atoms with Crippen molar-refractivity contribution in [1.82, 2.24) is 20.5 Å². The van der Waals surface area contributed by atoms with Gasteiger partial charge in [0.25, 0.3) is 0 Å². The van der Waals surface area contributed by atoms with Crippen LogP contribution in [-0.2, 0) is 4.79 Å². The highest BCUT2D eigenvalue weighted by Crippen LogP contribution is 1.93. The van der Waals surface area contributed by atoms with Gasteiger partial charge in [-0.3, -0.25) is 10.1 Å². The first-order valence-electron chi connectivity index (χ1n) is 4.69. The Morgan fingerprint density at radius 3 is 3.07 bits per heavy atom. The highest BCUT2D eigenvalue weighted by Gasteiger charge is 2.02. The Hall–Kier alpha value is -1.43. The van der Waals surface area contributed by atoms with Crippen molar-refractivity contribution in [2.24, 2.45) is 0 Å². The molecule has 78 valence electrons. The summed E-state index contributed by atoms with van der Waals surface area (Å²) < 4.78 is 0. The number of H-pyrrole nitrogens is 1. The largest absolute Gasteiger partial charge is 0.316 e. The van der Waals surface area contributed by atoms with Crippen LogP contribution in [0.3, 0.4) is 0 Å². The summed E-state index contributed by atoms with van der Waals surface area (Å²) in [7, 11) is 0. The fourth-order valence-corrected chi connectivity index (χ4v) is 0.964. The zero-order valence-electron chi connectivity index (χ0n) is 8.21. The number of anilines is 1. The summed E-state index contributed by atoms with van der Waals surface area (Å²) in [4.78, 5) is 15.0. The van der Waals surface area contributed by atoms with Crippen LogP contribution in [0.2, 0.25) is 0 Å². The van der Waals surface area contributed by atoms with E-state index in [1.54, 1.807) is 0 Å². The number of hydrogen-bond donors (Lipinski definition) is 3. The van der Waals surface area contributed by atoms with Gasteiger partial charge in [0.15, 0.2) is 0 Å². The minimum Gasteiger partial charge on any atom is -0.316 e. The lowest BCUT2D eigenvalue weighted by atomic mass is 10.4. The van der Waals surface area contributed by atoms with Crippen LogP contribution in [-0.4, -0.2) is 34.2 Å². The quantitative estimate of drug-likeness (QED) is 0.566. The molecule has 6 heteroatoms. The Kier molecular flexibility index (Phi) is 4.63. The smallest absolute Gasteiger partial charge is 0.227 e. The van der Waals surface area contributed by atoms with Gasteiger partial charge in [-0.1, -0.05) is 6.92 Å². The Morgan fingerprint density at radius 1 is 1.57 bits per heavy atom. The van der Waals surface area contributed by atoms with Gasteiger partial charge in [-0.15, -0.1) is 0 Å². The highest BCUT2D eigenvalue weighted by molar-refractivity contribution is 5.88. The summed E-state index contributed by atoms with van der Waals surface area (Å²) in [6.45, 7) is 3.71. The molecule has 0 saturated carbocycles. The fourth-order valence-electron chi connectivity index (χ4n) is 0.964. The molecule has 1 amide bonds. The van der Waals surface area contributed by atoms with Crippen LogP contribution in [0.4, 0.5) is 5.95 Å². The van der Waals surface area contributed by atoms with Gasteiger partial charge in [-0.25, -0.2) is 5.10 Å². The first kappa shape index (κ1) is 10.6.